The molecule has 1 amide bonds. The molecule has 0 aromatic heterocycles. The van der Waals surface area contributed by atoms with Crippen LogP contribution < -0.4 is 5.48 Å². The molecule has 0 atom stereocenters. The molecular formula is C5H10BrNO2. The highest BCUT2D eigenvalue weighted by Gasteiger charge is 1.95. The van der Waals surface area contributed by atoms with Crippen molar-refractivity contribution in [3.63, 3.8) is 0 Å². The van der Waals surface area contributed by atoms with Crippen LogP contribution in [0.5, 0.6) is 0 Å². The van der Waals surface area contributed by atoms with E-state index in [4.69, 9.17) is 5.21 Å². The summed E-state index contributed by atoms with van der Waals surface area (Å²) in [5.41, 5.74) is 1.57. The predicted molar refractivity (Wildman–Crippen MR) is 37.6 cm³/mol. The van der Waals surface area contributed by atoms with Crippen molar-refractivity contribution < 1.29 is 10.0 Å². The molecule has 9 heavy (non-hydrogen) atoms. The molecule has 0 bridgehead atoms. The van der Waals surface area contributed by atoms with Crippen LogP contribution in [0.25, 0.3) is 0 Å². The Bertz CT molecular complexity index is 87.0. The van der Waals surface area contributed by atoms with E-state index in [1.165, 1.54) is 0 Å². The molecule has 0 aliphatic rings. The Labute approximate surface area is 62.5 Å². The molecule has 0 spiro atoms. The zero-order chi connectivity index (χ0) is 7.11. The Morgan fingerprint density at radius 1 is 1.56 bits per heavy atom. The molecule has 0 rings (SSSR count). The molecule has 4 heteroatoms. The highest BCUT2D eigenvalue weighted by molar-refractivity contribution is 9.09. The van der Waals surface area contributed by atoms with Crippen molar-refractivity contribution in [1.29, 1.82) is 0 Å². The lowest BCUT2D eigenvalue weighted by Gasteiger charge is -1.94. The van der Waals surface area contributed by atoms with Crippen molar-refractivity contribution in [3.05, 3.63) is 0 Å². The third kappa shape index (κ3) is 5.79. The minimum atomic E-state index is -0.309. The highest BCUT2D eigenvalue weighted by Crippen LogP contribution is 1.97. The van der Waals surface area contributed by atoms with Gasteiger partial charge in [0.1, 0.15) is 0 Å². The second-order valence-electron chi connectivity index (χ2n) is 1.68. The first-order chi connectivity index (χ1) is 4.31. The molecule has 0 saturated heterocycles. The zero-order valence-electron chi connectivity index (χ0n) is 5.06. The van der Waals surface area contributed by atoms with E-state index in [2.05, 4.69) is 15.9 Å². The summed E-state index contributed by atoms with van der Waals surface area (Å²) in [6.07, 6.45) is 2.19. The van der Waals surface area contributed by atoms with Gasteiger partial charge in [-0.25, -0.2) is 5.48 Å². The Morgan fingerprint density at radius 2 is 2.22 bits per heavy atom. The summed E-state index contributed by atoms with van der Waals surface area (Å²) in [7, 11) is 0. The zero-order valence-corrected chi connectivity index (χ0v) is 6.65. The monoisotopic (exact) mass is 195 g/mol. The summed E-state index contributed by atoms with van der Waals surface area (Å²) in [5, 5.41) is 8.93. The molecule has 2 N–H and O–H groups in total. The van der Waals surface area contributed by atoms with E-state index in [0.717, 1.165) is 18.2 Å². The average molecular weight is 196 g/mol. The molecule has 0 radical (unpaired) electrons. The molecule has 0 aliphatic carbocycles. The Hall–Kier alpha value is -0.0900. The summed E-state index contributed by atoms with van der Waals surface area (Å²) in [4.78, 5) is 10.3. The summed E-state index contributed by atoms with van der Waals surface area (Å²) in [5.74, 6) is -0.309. The number of unbranched alkanes of at least 4 members (excludes halogenated alkanes) is 1. The summed E-state index contributed by atoms with van der Waals surface area (Å²) >= 11 is 3.23. The van der Waals surface area contributed by atoms with Crippen LogP contribution in [0.1, 0.15) is 19.3 Å². The molecule has 54 valence electrons. The topological polar surface area (TPSA) is 49.3 Å². The SMILES string of the molecule is O=C(CCCCBr)NO. The van der Waals surface area contributed by atoms with Gasteiger partial charge in [0.05, 0.1) is 0 Å². The Balaban J connectivity index is 2.97. The van der Waals surface area contributed by atoms with Gasteiger partial charge in [-0.15, -0.1) is 0 Å². The number of alkyl halides is 1. The van der Waals surface area contributed by atoms with Gasteiger partial charge in [-0.05, 0) is 12.8 Å². The molecule has 3 nitrogen and oxygen atoms in total. The largest absolute Gasteiger partial charge is 0.289 e. The molecular weight excluding hydrogens is 186 g/mol. The van der Waals surface area contributed by atoms with E-state index >= 15 is 0 Å². The first-order valence-electron chi connectivity index (χ1n) is 2.80. The first kappa shape index (κ1) is 8.91. The Morgan fingerprint density at radius 3 is 2.67 bits per heavy atom. The van der Waals surface area contributed by atoms with Crippen molar-refractivity contribution in [2.75, 3.05) is 5.33 Å². The number of amides is 1. The van der Waals surface area contributed by atoms with E-state index in [1.54, 1.807) is 5.48 Å². The van der Waals surface area contributed by atoms with Gasteiger partial charge in [0, 0.05) is 11.8 Å². The second-order valence-corrected chi connectivity index (χ2v) is 2.47. The molecule has 0 saturated carbocycles. The molecule has 0 heterocycles. The first-order valence-corrected chi connectivity index (χ1v) is 3.92. The number of carbonyl (C=O) groups excluding carboxylic acids is 1. The lowest BCUT2D eigenvalue weighted by Crippen LogP contribution is -2.17. The Kier molecular flexibility index (Phi) is 5.98. The number of hydrogen-bond donors (Lipinski definition) is 2. The van der Waals surface area contributed by atoms with Crippen LogP contribution in [0.2, 0.25) is 0 Å². The van der Waals surface area contributed by atoms with Crippen LogP contribution in [-0.2, 0) is 4.79 Å². The van der Waals surface area contributed by atoms with Gasteiger partial charge in [-0.3, -0.25) is 10.0 Å². The van der Waals surface area contributed by atoms with Gasteiger partial charge in [-0.1, -0.05) is 15.9 Å². The van der Waals surface area contributed by atoms with Gasteiger partial charge in [-0.2, -0.15) is 0 Å². The van der Waals surface area contributed by atoms with Crippen molar-refractivity contribution in [1.82, 2.24) is 5.48 Å². The van der Waals surface area contributed by atoms with Gasteiger partial charge < -0.3 is 0 Å². The van der Waals surface area contributed by atoms with Crippen LogP contribution in [0.4, 0.5) is 0 Å². The van der Waals surface area contributed by atoms with E-state index in [9.17, 15) is 4.79 Å². The highest BCUT2D eigenvalue weighted by atomic mass is 79.9. The number of hydroxylamine groups is 1. The molecule has 0 fully saturated rings. The standard InChI is InChI=1S/C5H10BrNO2/c6-4-2-1-3-5(8)7-9/h9H,1-4H2,(H,7,8). The maximum Gasteiger partial charge on any atom is 0.243 e. The normalized spacial score (nSPS) is 9.11. The van der Waals surface area contributed by atoms with Crippen LogP contribution in [0.15, 0.2) is 0 Å². The number of hydrogen-bond acceptors (Lipinski definition) is 2. The maximum absolute atomic E-state index is 10.3. The fourth-order valence-electron chi connectivity index (χ4n) is 0.436. The smallest absolute Gasteiger partial charge is 0.243 e. The molecule has 0 aromatic rings. The lowest BCUT2D eigenvalue weighted by molar-refractivity contribution is -0.129. The third-order valence-electron chi connectivity index (χ3n) is 0.912. The lowest BCUT2D eigenvalue weighted by atomic mass is 10.2. The van der Waals surface area contributed by atoms with Crippen LogP contribution >= 0.6 is 15.9 Å². The second kappa shape index (κ2) is 6.04. The van der Waals surface area contributed by atoms with Crippen LogP contribution in [0, 0.1) is 0 Å². The minimum Gasteiger partial charge on any atom is -0.289 e. The van der Waals surface area contributed by atoms with Crippen LogP contribution in [0.3, 0.4) is 0 Å². The van der Waals surface area contributed by atoms with E-state index < -0.39 is 0 Å². The summed E-state index contributed by atoms with van der Waals surface area (Å²) in [6.45, 7) is 0. The van der Waals surface area contributed by atoms with Crippen molar-refractivity contribution in [2.45, 2.75) is 19.3 Å². The van der Waals surface area contributed by atoms with Gasteiger partial charge >= 0.3 is 0 Å². The number of rotatable bonds is 4. The maximum atomic E-state index is 10.3. The molecule has 0 aliphatic heterocycles. The van der Waals surface area contributed by atoms with Gasteiger partial charge in [0.2, 0.25) is 5.91 Å². The van der Waals surface area contributed by atoms with Gasteiger partial charge in [0.15, 0.2) is 0 Å². The predicted octanol–water partition coefficient (Wildman–Crippen LogP) is 1.06. The summed E-state index contributed by atoms with van der Waals surface area (Å²) in [6, 6.07) is 0. The molecule has 0 aromatic carbocycles. The van der Waals surface area contributed by atoms with E-state index in [-0.39, 0.29) is 5.91 Å². The van der Waals surface area contributed by atoms with Crippen molar-refractivity contribution in [2.24, 2.45) is 0 Å². The minimum absolute atomic E-state index is 0.309. The van der Waals surface area contributed by atoms with E-state index in [1.807, 2.05) is 0 Å². The van der Waals surface area contributed by atoms with Crippen molar-refractivity contribution in [3.8, 4) is 0 Å². The van der Waals surface area contributed by atoms with Crippen LogP contribution in [-0.4, -0.2) is 16.4 Å². The van der Waals surface area contributed by atoms with E-state index in [0.29, 0.717) is 6.42 Å². The quantitative estimate of drug-likeness (QED) is 0.305. The fraction of sp³-hybridized carbons (Fsp3) is 0.800. The third-order valence-corrected chi connectivity index (χ3v) is 1.47. The van der Waals surface area contributed by atoms with Crippen molar-refractivity contribution >= 4 is 21.8 Å². The van der Waals surface area contributed by atoms with Gasteiger partial charge in [0.25, 0.3) is 0 Å². The number of halogens is 1. The average Bonchev–Trinajstić information content (AvgIpc) is 1.89. The summed E-state index contributed by atoms with van der Waals surface area (Å²) < 4.78 is 0. The number of nitrogens with one attached hydrogen (secondary N) is 1. The molecule has 0 unspecified atom stereocenters. The number of carbonyl (C=O) groups is 1. The fourth-order valence-corrected chi connectivity index (χ4v) is 0.832.